The first-order valence-corrected chi connectivity index (χ1v) is 14.1. The molecule has 6 heteroatoms. The van der Waals surface area contributed by atoms with E-state index in [1.54, 1.807) is 13.8 Å². The summed E-state index contributed by atoms with van der Waals surface area (Å²) >= 11 is 0. The van der Waals surface area contributed by atoms with Gasteiger partial charge in [-0.2, -0.15) is 0 Å². The summed E-state index contributed by atoms with van der Waals surface area (Å²) in [6, 6.07) is 0. The van der Waals surface area contributed by atoms with Crippen LogP contribution in [0, 0.1) is 23.7 Å². The number of ketones is 2. The van der Waals surface area contributed by atoms with Crippen molar-refractivity contribution in [3.05, 3.63) is 11.3 Å². The Hall–Kier alpha value is -1.98. The fraction of sp³-hybridized carbons (Fsp3) is 0.800. The second-order valence-electron chi connectivity index (χ2n) is 11.3. The average molecular weight is 509 g/mol. The van der Waals surface area contributed by atoms with Gasteiger partial charge in [-0.25, -0.2) is 4.79 Å². The van der Waals surface area contributed by atoms with Crippen molar-refractivity contribution in [1.29, 1.82) is 0 Å². The minimum atomic E-state index is -1.11. The molecule has 0 fully saturated rings. The van der Waals surface area contributed by atoms with Crippen LogP contribution in [0.4, 0.5) is 0 Å². The molecule has 0 aromatic carbocycles. The predicted molar refractivity (Wildman–Crippen MR) is 144 cm³/mol. The lowest BCUT2D eigenvalue weighted by molar-refractivity contribution is -0.157. The number of hydrogen-bond donors (Lipinski definition) is 1. The molecule has 0 saturated heterocycles. The summed E-state index contributed by atoms with van der Waals surface area (Å²) in [4.78, 5) is 51.3. The first kappa shape index (κ1) is 34.0. The molecule has 0 unspecified atom stereocenters. The van der Waals surface area contributed by atoms with Gasteiger partial charge in [-0.3, -0.25) is 14.4 Å². The van der Waals surface area contributed by atoms with Crippen molar-refractivity contribution in [3.63, 3.8) is 0 Å². The Morgan fingerprint density at radius 3 is 1.81 bits per heavy atom. The zero-order valence-corrected chi connectivity index (χ0v) is 24.0. The van der Waals surface area contributed by atoms with Crippen molar-refractivity contribution in [1.82, 2.24) is 0 Å². The van der Waals surface area contributed by atoms with Crippen LogP contribution in [0.15, 0.2) is 11.3 Å². The van der Waals surface area contributed by atoms with Crippen LogP contribution in [0.5, 0.6) is 0 Å². The molecule has 0 spiro atoms. The summed E-state index contributed by atoms with van der Waals surface area (Å²) in [6.07, 6.45) is 9.57. The standard InChI is InChI=1S/C30H52O6/c1-8-9-10-11-12-13-14-15-26(32)36-30(35)27(28(33)23(6)7)29(34)24(18-16-21(2)3)20-25(31)19-17-22(4)5/h21-24,33H,8-20H2,1-7H3/t24-/m1/s1. The minimum absolute atomic E-state index is 0.0202. The fourth-order valence-electron chi connectivity index (χ4n) is 3.94. The molecule has 0 aromatic rings. The van der Waals surface area contributed by atoms with Gasteiger partial charge in [-0.15, -0.1) is 0 Å². The monoisotopic (exact) mass is 508 g/mol. The van der Waals surface area contributed by atoms with E-state index in [0.717, 1.165) is 25.7 Å². The lowest BCUT2D eigenvalue weighted by Gasteiger charge is -2.19. The van der Waals surface area contributed by atoms with Gasteiger partial charge in [0.2, 0.25) is 0 Å². The Bertz CT molecular complexity index is 717. The molecule has 0 bridgehead atoms. The fourth-order valence-corrected chi connectivity index (χ4v) is 3.94. The third-order valence-electron chi connectivity index (χ3n) is 6.38. The maximum atomic E-state index is 13.5. The number of hydrogen-bond acceptors (Lipinski definition) is 6. The first-order valence-electron chi connectivity index (χ1n) is 14.1. The van der Waals surface area contributed by atoms with Crippen LogP contribution in [0.1, 0.15) is 132 Å². The summed E-state index contributed by atoms with van der Waals surface area (Å²) in [7, 11) is 0. The van der Waals surface area contributed by atoms with Gasteiger partial charge in [-0.05, 0) is 31.1 Å². The van der Waals surface area contributed by atoms with Gasteiger partial charge in [-0.1, -0.05) is 93.4 Å². The van der Waals surface area contributed by atoms with E-state index in [2.05, 4.69) is 6.92 Å². The number of aliphatic hydroxyl groups excluding tert-OH is 1. The van der Waals surface area contributed by atoms with Crippen LogP contribution in [-0.2, 0) is 23.9 Å². The van der Waals surface area contributed by atoms with Crippen molar-refractivity contribution in [2.75, 3.05) is 0 Å². The highest BCUT2D eigenvalue weighted by molar-refractivity contribution is 6.20. The Morgan fingerprint density at radius 2 is 1.28 bits per heavy atom. The first-order chi connectivity index (χ1) is 16.9. The molecule has 6 nitrogen and oxygen atoms in total. The lowest BCUT2D eigenvalue weighted by atomic mass is 9.84. The van der Waals surface area contributed by atoms with Crippen LogP contribution in [0.2, 0.25) is 0 Å². The van der Waals surface area contributed by atoms with E-state index in [4.69, 9.17) is 4.74 Å². The number of ether oxygens (including phenoxy) is 1. The quantitative estimate of drug-likeness (QED) is 0.0452. The highest BCUT2D eigenvalue weighted by Crippen LogP contribution is 2.26. The van der Waals surface area contributed by atoms with Gasteiger partial charge in [0.05, 0.1) is 0 Å². The molecule has 0 amide bonds. The van der Waals surface area contributed by atoms with Crippen LogP contribution in [0.3, 0.4) is 0 Å². The molecule has 0 aromatic heterocycles. The number of unbranched alkanes of at least 4 members (excludes halogenated alkanes) is 6. The minimum Gasteiger partial charge on any atom is -0.511 e. The van der Waals surface area contributed by atoms with Gasteiger partial charge in [0.1, 0.15) is 17.1 Å². The second kappa shape index (κ2) is 19.2. The Morgan fingerprint density at radius 1 is 0.722 bits per heavy atom. The van der Waals surface area contributed by atoms with Crippen LogP contribution < -0.4 is 0 Å². The number of rotatable bonds is 20. The molecule has 36 heavy (non-hydrogen) atoms. The highest BCUT2D eigenvalue weighted by atomic mass is 16.6. The highest BCUT2D eigenvalue weighted by Gasteiger charge is 2.34. The summed E-state index contributed by atoms with van der Waals surface area (Å²) in [6.45, 7) is 13.6. The Balaban J connectivity index is 5.40. The zero-order chi connectivity index (χ0) is 27.7. The number of esters is 2. The Kier molecular flexibility index (Phi) is 18.1. The second-order valence-corrected chi connectivity index (χ2v) is 11.3. The van der Waals surface area contributed by atoms with E-state index in [-0.39, 0.29) is 18.6 Å². The maximum absolute atomic E-state index is 13.5. The van der Waals surface area contributed by atoms with Crippen LogP contribution in [0.25, 0.3) is 0 Å². The summed E-state index contributed by atoms with van der Waals surface area (Å²) < 4.78 is 5.01. The molecule has 0 saturated carbocycles. The van der Waals surface area contributed by atoms with Crippen molar-refractivity contribution < 1.29 is 29.0 Å². The molecule has 0 aliphatic rings. The Labute approximate surface area is 219 Å². The SMILES string of the molecule is CCCCCCCCCC(=O)OC(=O)C(C(=O)[C@H](CCC(C)C)CC(=O)CCC(C)C)=C(O)C(C)C. The normalized spacial score (nSPS) is 13.2. The average Bonchev–Trinajstić information content (AvgIpc) is 2.79. The van der Waals surface area contributed by atoms with E-state index in [1.807, 2.05) is 27.7 Å². The smallest absolute Gasteiger partial charge is 0.352 e. The van der Waals surface area contributed by atoms with Gasteiger partial charge >= 0.3 is 11.9 Å². The van der Waals surface area contributed by atoms with E-state index in [9.17, 15) is 24.3 Å². The molecule has 0 heterocycles. The van der Waals surface area contributed by atoms with Crippen molar-refractivity contribution >= 4 is 23.5 Å². The van der Waals surface area contributed by atoms with Crippen molar-refractivity contribution in [3.8, 4) is 0 Å². The van der Waals surface area contributed by atoms with Gasteiger partial charge in [0.25, 0.3) is 0 Å². The summed E-state index contributed by atoms with van der Waals surface area (Å²) in [5.74, 6) is -3.37. The van der Waals surface area contributed by atoms with E-state index < -0.39 is 40.9 Å². The molecule has 208 valence electrons. The summed E-state index contributed by atoms with van der Waals surface area (Å²) in [5, 5.41) is 10.7. The van der Waals surface area contributed by atoms with Crippen LogP contribution >= 0.6 is 0 Å². The van der Waals surface area contributed by atoms with Crippen molar-refractivity contribution in [2.45, 2.75) is 132 Å². The molecular weight excluding hydrogens is 456 g/mol. The van der Waals surface area contributed by atoms with E-state index >= 15 is 0 Å². The molecular formula is C30H52O6. The van der Waals surface area contributed by atoms with Crippen molar-refractivity contribution in [2.24, 2.45) is 23.7 Å². The number of carbonyl (C=O) groups excluding carboxylic acids is 4. The van der Waals surface area contributed by atoms with Gasteiger partial charge < -0.3 is 9.84 Å². The van der Waals surface area contributed by atoms with Gasteiger partial charge in [0, 0.05) is 31.1 Å². The molecule has 1 N–H and O–H groups in total. The largest absolute Gasteiger partial charge is 0.511 e. The molecule has 1 atom stereocenters. The van der Waals surface area contributed by atoms with E-state index in [1.165, 1.54) is 19.3 Å². The maximum Gasteiger partial charge on any atom is 0.352 e. The summed E-state index contributed by atoms with van der Waals surface area (Å²) in [5.41, 5.74) is -0.483. The third-order valence-corrected chi connectivity index (χ3v) is 6.38. The lowest BCUT2D eigenvalue weighted by Crippen LogP contribution is -2.29. The molecule has 0 radical (unpaired) electrons. The zero-order valence-electron chi connectivity index (χ0n) is 24.0. The van der Waals surface area contributed by atoms with Crippen LogP contribution in [-0.4, -0.2) is 28.6 Å². The molecule has 0 rings (SSSR count). The third kappa shape index (κ3) is 15.2. The number of aliphatic hydroxyl groups is 1. The topological polar surface area (TPSA) is 97.7 Å². The van der Waals surface area contributed by atoms with E-state index in [0.29, 0.717) is 37.5 Å². The van der Waals surface area contributed by atoms with Gasteiger partial charge in [0.15, 0.2) is 5.78 Å². The number of carbonyl (C=O) groups is 4. The molecule has 0 aliphatic carbocycles. The number of Topliss-reactive ketones (excluding diaryl/α,β-unsaturated/α-hetero) is 2. The molecule has 0 aliphatic heterocycles. The predicted octanol–water partition coefficient (Wildman–Crippen LogP) is 7.68. The number of allylic oxidation sites excluding steroid dienone is 1.